The van der Waals surface area contributed by atoms with Crippen molar-refractivity contribution in [2.75, 3.05) is 0 Å². The van der Waals surface area contributed by atoms with Crippen LogP contribution in [0, 0.1) is 11.7 Å². The van der Waals surface area contributed by atoms with Crippen LogP contribution in [0.4, 0.5) is 0 Å². The van der Waals surface area contributed by atoms with E-state index in [1.54, 1.807) is 18.6 Å². The Morgan fingerprint density at radius 2 is 2.32 bits per heavy atom. The zero-order valence-electron chi connectivity index (χ0n) is 10.2. The largest absolute Gasteiger partial charge is 0.444 e. The molecule has 0 saturated carbocycles. The molecule has 0 aliphatic carbocycles. The fraction of sp³-hybridized carbons (Fsp3) is 0.167. The quantitative estimate of drug-likeness (QED) is 0.741. The Morgan fingerprint density at radius 1 is 1.42 bits per heavy atom. The second-order valence-electron chi connectivity index (χ2n) is 4.04. The molecule has 6 nitrogen and oxygen atoms in total. The van der Waals surface area contributed by atoms with Gasteiger partial charge in [0.15, 0.2) is 10.6 Å². The molecule has 7 heteroatoms. The van der Waals surface area contributed by atoms with Gasteiger partial charge in [0.2, 0.25) is 5.89 Å². The summed E-state index contributed by atoms with van der Waals surface area (Å²) in [5.41, 5.74) is 0.887. The fourth-order valence-corrected chi connectivity index (χ4v) is 1.99. The minimum Gasteiger partial charge on any atom is -0.444 e. The lowest BCUT2D eigenvalue weighted by Gasteiger charge is -2.03. The van der Waals surface area contributed by atoms with E-state index in [1.807, 2.05) is 23.6 Å². The number of pyridine rings is 1. The highest BCUT2D eigenvalue weighted by Gasteiger charge is 2.11. The topological polar surface area (TPSA) is 72.5 Å². The van der Waals surface area contributed by atoms with Crippen molar-refractivity contribution < 1.29 is 4.42 Å². The molecule has 3 aromatic rings. The van der Waals surface area contributed by atoms with E-state index >= 15 is 0 Å². The van der Waals surface area contributed by atoms with Crippen molar-refractivity contribution in [3.8, 4) is 11.4 Å². The molecule has 0 saturated heterocycles. The predicted octanol–water partition coefficient (Wildman–Crippen LogP) is 2.35. The Morgan fingerprint density at radius 3 is 3.00 bits per heavy atom. The number of nitrogens with one attached hydrogen (secondary N) is 1. The van der Waals surface area contributed by atoms with Crippen LogP contribution in [-0.4, -0.2) is 24.7 Å². The first kappa shape index (κ1) is 11.8. The maximum absolute atomic E-state index is 5.47. The van der Waals surface area contributed by atoms with Crippen LogP contribution in [0.3, 0.4) is 0 Å². The van der Waals surface area contributed by atoms with E-state index in [2.05, 4.69) is 20.2 Å². The average molecular weight is 273 g/mol. The van der Waals surface area contributed by atoms with Gasteiger partial charge in [-0.1, -0.05) is 0 Å². The number of H-pyrrole nitrogens is 1. The zero-order chi connectivity index (χ0) is 13.2. The fourth-order valence-electron chi connectivity index (χ4n) is 1.79. The van der Waals surface area contributed by atoms with E-state index in [0.29, 0.717) is 23.0 Å². The van der Waals surface area contributed by atoms with E-state index in [-0.39, 0.29) is 0 Å². The number of aryl methyl sites for hydroxylation is 1. The summed E-state index contributed by atoms with van der Waals surface area (Å²) in [6.45, 7) is 2.29. The predicted molar refractivity (Wildman–Crippen MR) is 71.0 cm³/mol. The monoisotopic (exact) mass is 273 g/mol. The van der Waals surface area contributed by atoms with Crippen LogP contribution in [0.1, 0.15) is 11.7 Å². The number of hydrogen-bond acceptors (Lipinski definition) is 5. The SMILES string of the molecule is Cc1cnc(Cn2c(-c3cccnc3)n[nH]c2=S)o1. The number of oxazole rings is 1. The van der Waals surface area contributed by atoms with E-state index in [9.17, 15) is 0 Å². The number of rotatable bonds is 3. The van der Waals surface area contributed by atoms with E-state index < -0.39 is 0 Å². The van der Waals surface area contributed by atoms with Gasteiger partial charge in [-0.15, -0.1) is 0 Å². The van der Waals surface area contributed by atoms with Crippen molar-refractivity contribution in [2.45, 2.75) is 13.5 Å². The molecule has 0 aliphatic heterocycles. The lowest BCUT2D eigenvalue weighted by Crippen LogP contribution is -2.02. The molecule has 0 aromatic carbocycles. The van der Waals surface area contributed by atoms with E-state index in [1.165, 1.54) is 0 Å². The Bertz CT molecular complexity index is 743. The second-order valence-corrected chi connectivity index (χ2v) is 4.43. The van der Waals surface area contributed by atoms with E-state index in [4.69, 9.17) is 16.6 Å². The second kappa shape index (κ2) is 4.77. The smallest absolute Gasteiger partial charge is 0.214 e. The first-order chi connectivity index (χ1) is 9.24. The van der Waals surface area contributed by atoms with Crippen molar-refractivity contribution in [1.82, 2.24) is 24.7 Å². The maximum atomic E-state index is 5.47. The molecule has 19 heavy (non-hydrogen) atoms. The van der Waals surface area contributed by atoms with Gasteiger partial charge in [0.05, 0.1) is 6.20 Å². The summed E-state index contributed by atoms with van der Waals surface area (Å²) in [6, 6.07) is 3.78. The molecule has 0 radical (unpaired) electrons. The molecule has 0 unspecified atom stereocenters. The van der Waals surface area contributed by atoms with Gasteiger partial charge in [0.1, 0.15) is 12.3 Å². The van der Waals surface area contributed by atoms with Gasteiger partial charge in [-0.2, -0.15) is 5.10 Å². The maximum Gasteiger partial charge on any atom is 0.214 e. The molecule has 0 amide bonds. The van der Waals surface area contributed by atoms with Crippen LogP contribution in [-0.2, 0) is 6.54 Å². The first-order valence-corrected chi connectivity index (χ1v) is 6.12. The number of hydrogen-bond donors (Lipinski definition) is 1. The highest BCUT2D eigenvalue weighted by atomic mass is 32.1. The van der Waals surface area contributed by atoms with Gasteiger partial charge in [0.25, 0.3) is 0 Å². The van der Waals surface area contributed by atoms with Crippen LogP contribution >= 0.6 is 12.2 Å². The molecule has 0 fully saturated rings. The summed E-state index contributed by atoms with van der Waals surface area (Å²) >= 11 is 5.23. The van der Waals surface area contributed by atoms with Crippen LogP contribution in [0.2, 0.25) is 0 Å². The lowest BCUT2D eigenvalue weighted by atomic mass is 10.3. The van der Waals surface area contributed by atoms with Gasteiger partial charge >= 0.3 is 0 Å². The standard InChI is InChI=1S/C12H11N5OS/c1-8-5-14-10(18-8)7-17-11(15-16-12(17)19)9-3-2-4-13-6-9/h2-6H,7H2,1H3,(H,16,19). The average Bonchev–Trinajstić information content (AvgIpc) is 2.99. The number of aromatic amines is 1. The Kier molecular flexibility index (Phi) is 2.96. The molecular formula is C12H11N5OS. The number of nitrogens with zero attached hydrogens (tertiary/aromatic N) is 4. The molecular weight excluding hydrogens is 262 g/mol. The molecule has 0 spiro atoms. The van der Waals surface area contributed by atoms with Crippen molar-refractivity contribution in [3.63, 3.8) is 0 Å². The minimum atomic E-state index is 0.438. The highest BCUT2D eigenvalue weighted by Crippen LogP contribution is 2.17. The molecule has 3 aromatic heterocycles. The Balaban J connectivity index is 2.02. The summed E-state index contributed by atoms with van der Waals surface area (Å²) in [4.78, 5) is 8.26. The third-order valence-corrected chi connectivity index (χ3v) is 2.95. The third kappa shape index (κ3) is 2.32. The van der Waals surface area contributed by atoms with Gasteiger partial charge in [-0.05, 0) is 31.3 Å². The van der Waals surface area contributed by atoms with Gasteiger partial charge in [-0.25, -0.2) is 4.98 Å². The van der Waals surface area contributed by atoms with Crippen molar-refractivity contribution >= 4 is 12.2 Å². The molecule has 0 atom stereocenters. The van der Waals surface area contributed by atoms with Crippen LogP contribution in [0.25, 0.3) is 11.4 Å². The number of aromatic nitrogens is 5. The van der Waals surface area contributed by atoms with Crippen molar-refractivity contribution in [2.24, 2.45) is 0 Å². The van der Waals surface area contributed by atoms with Crippen molar-refractivity contribution in [3.05, 3.63) is 47.1 Å². The van der Waals surface area contributed by atoms with Gasteiger partial charge in [-0.3, -0.25) is 14.6 Å². The molecule has 1 N–H and O–H groups in total. The third-order valence-electron chi connectivity index (χ3n) is 2.64. The summed E-state index contributed by atoms with van der Waals surface area (Å²) in [6.07, 6.45) is 5.14. The van der Waals surface area contributed by atoms with Crippen LogP contribution in [0.5, 0.6) is 0 Å². The molecule has 96 valence electrons. The first-order valence-electron chi connectivity index (χ1n) is 5.71. The highest BCUT2D eigenvalue weighted by molar-refractivity contribution is 7.71. The molecule has 0 bridgehead atoms. The van der Waals surface area contributed by atoms with Gasteiger partial charge in [0, 0.05) is 18.0 Å². The van der Waals surface area contributed by atoms with Crippen LogP contribution in [0.15, 0.2) is 35.1 Å². The summed E-state index contributed by atoms with van der Waals surface area (Å²) < 4.78 is 7.82. The lowest BCUT2D eigenvalue weighted by molar-refractivity contribution is 0.457. The van der Waals surface area contributed by atoms with Crippen LogP contribution < -0.4 is 0 Å². The zero-order valence-corrected chi connectivity index (χ0v) is 11.0. The molecule has 0 aliphatic rings. The molecule has 3 rings (SSSR count). The van der Waals surface area contributed by atoms with Crippen molar-refractivity contribution in [1.29, 1.82) is 0 Å². The minimum absolute atomic E-state index is 0.438. The van der Waals surface area contributed by atoms with E-state index in [0.717, 1.165) is 11.3 Å². The molecule has 3 heterocycles. The Labute approximate surface area is 114 Å². The summed E-state index contributed by atoms with van der Waals surface area (Å²) in [5.74, 6) is 2.09. The van der Waals surface area contributed by atoms with Gasteiger partial charge < -0.3 is 4.42 Å². The summed E-state index contributed by atoms with van der Waals surface area (Å²) in [5, 5.41) is 7.01. The normalized spacial score (nSPS) is 10.8. The summed E-state index contributed by atoms with van der Waals surface area (Å²) in [7, 11) is 0. The Hall–Kier alpha value is -2.28.